The van der Waals surface area contributed by atoms with Crippen LogP contribution in [0.2, 0.25) is 5.02 Å². The van der Waals surface area contributed by atoms with Gasteiger partial charge in [0.05, 0.1) is 23.7 Å². The molecule has 0 bridgehead atoms. The fourth-order valence-electron chi connectivity index (χ4n) is 5.12. The molecule has 0 radical (unpaired) electrons. The van der Waals surface area contributed by atoms with E-state index >= 15 is 0 Å². The van der Waals surface area contributed by atoms with Crippen molar-refractivity contribution in [3.05, 3.63) is 120 Å². The highest BCUT2D eigenvalue weighted by atomic mass is 35.5. The standard InChI is InChI=1S/C29H21ClN8/c1-36-18-31-17-26(36)28(37-13-12-32-29(37)19-6-3-2-4-7-19)21-10-11-25-24(15-21)23(16-27-33-34-35-38(25)27)20-8-5-9-22(30)14-20/h2-18,28H,1H3. The molecule has 0 saturated carbocycles. The Balaban J connectivity index is 1.50. The van der Waals surface area contributed by atoms with Crippen LogP contribution in [0.1, 0.15) is 17.3 Å². The number of benzene rings is 3. The number of hydrogen-bond acceptors (Lipinski definition) is 5. The summed E-state index contributed by atoms with van der Waals surface area (Å²) in [4.78, 5) is 9.17. The third-order valence-corrected chi connectivity index (χ3v) is 7.11. The molecule has 0 aliphatic rings. The minimum Gasteiger partial charge on any atom is -0.336 e. The molecule has 0 aliphatic heterocycles. The molecule has 4 aromatic heterocycles. The van der Waals surface area contributed by atoms with Crippen molar-refractivity contribution >= 4 is 28.2 Å². The Morgan fingerprint density at radius 1 is 0.895 bits per heavy atom. The molecule has 7 aromatic rings. The second-order valence-electron chi connectivity index (χ2n) is 9.15. The van der Waals surface area contributed by atoms with E-state index in [0.717, 1.165) is 44.7 Å². The van der Waals surface area contributed by atoms with Gasteiger partial charge in [0.25, 0.3) is 0 Å². The summed E-state index contributed by atoms with van der Waals surface area (Å²) >= 11 is 6.39. The zero-order chi connectivity index (χ0) is 25.6. The van der Waals surface area contributed by atoms with Crippen molar-refractivity contribution in [2.24, 2.45) is 7.05 Å². The summed E-state index contributed by atoms with van der Waals surface area (Å²) in [6, 6.07) is 26.3. The Bertz CT molecular complexity index is 1920. The molecule has 0 amide bonds. The van der Waals surface area contributed by atoms with Gasteiger partial charge in [-0.3, -0.25) is 0 Å². The van der Waals surface area contributed by atoms with Gasteiger partial charge in [-0.2, -0.15) is 4.52 Å². The van der Waals surface area contributed by atoms with Gasteiger partial charge in [-0.1, -0.05) is 60.1 Å². The zero-order valence-electron chi connectivity index (χ0n) is 20.3. The Morgan fingerprint density at radius 2 is 1.76 bits per heavy atom. The number of tetrazole rings is 1. The van der Waals surface area contributed by atoms with Gasteiger partial charge in [0, 0.05) is 35.4 Å². The number of hydrogen-bond donors (Lipinski definition) is 0. The van der Waals surface area contributed by atoms with Crippen LogP contribution >= 0.6 is 11.6 Å². The highest BCUT2D eigenvalue weighted by molar-refractivity contribution is 6.30. The van der Waals surface area contributed by atoms with Crippen molar-refractivity contribution < 1.29 is 0 Å². The van der Waals surface area contributed by atoms with Gasteiger partial charge in [0.2, 0.25) is 0 Å². The van der Waals surface area contributed by atoms with Crippen molar-refractivity contribution in [3.8, 4) is 22.5 Å². The van der Waals surface area contributed by atoms with E-state index in [1.54, 1.807) is 4.52 Å². The van der Waals surface area contributed by atoms with Gasteiger partial charge in [-0.05, 0) is 57.4 Å². The van der Waals surface area contributed by atoms with E-state index in [2.05, 4.69) is 61.5 Å². The predicted octanol–water partition coefficient (Wildman–Crippen LogP) is 5.83. The number of imidazole rings is 2. The lowest BCUT2D eigenvalue weighted by Crippen LogP contribution is -2.16. The first kappa shape index (κ1) is 22.4. The van der Waals surface area contributed by atoms with Crippen LogP contribution in [-0.2, 0) is 7.05 Å². The number of aromatic nitrogens is 8. The largest absolute Gasteiger partial charge is 0.336 e. The van der Waals surface area contributed by atoms with Gasteiger partial charge < -0.3 is 9.13 Å². The summed E-state index contributed by atoms with van der Waals surface area (Å²) in [5.41, 5.74) is 6.73. The van der Waals surface area contributed by atoms with Crippen molar-refractivity contribution in [1.29, 1.82) is 0 Å². The molecular formula is C29H21ClN8. The summed E-state index contributed by atoms with van der Waals surface area (Å²) in [5, 5.41) is 14.1. The average Bonchev–Trinajstić information content (AvgIpc) is 3.71. The Hall–Kier alpha value is -4.82. The van der Waals surface area contributed by atoms with E-state index in [1.807, 2.05) is 79.0 Å². The number of rotatable bonds is 5. The van der Waals surface area contributed by atoms with Gasteiger partial charge in [-0.25, -0.2) is 9.97 Å². The summed E-state index contributed by atoms with van der Waals surface area (Å²) in [6.45, 7) is 0. The molecule has 0 spiro atoms. The molecule has 184 valence electrons. The smallest absolute Gasteiger partial charge is 0.180 e. The van der Waals surface area contributed by atoms with Crippen molar-refractivity contribution in [3.63, 3.8) is 0 Å². The van der Waals surface area contributed by atoms with E-state index in [9.17, 15) is 0 Å². The maximum absolute atomic E-state index is 6.39. The second-order valence-corrected chi connectivity index (χ2v) is 9.59. The molecule has 7 rings (SSSR count). The molecular weight excluding hydrogens is 496 g/mol. The summed E-state index contributed by atoms with van der Waals surface area (Å²) < 4.78 is 6.01. The molecule has 1 unspecified atom stereocenters. The molecule has 0 fully saturated rings. The number of aryl methyl sites for hydroxylation is 1. The minimum absolute atomic E-state index is 0.179. The molecule has 3 aromatic carbocycles. The molecule has 38 heavy (non-hydrogen) atoms. The zero-order valence-corrected chi connectivity index (χ0v) is 21.1. The number of fused-ring (bicyclic) bond motifs is 3. The quantitative estimate of drug-likeness (QED) is 0.287. The Morgan fingerprint density at radius 3 is 2.58 bits per heavy atom. The first-order chi connectivity index (χ1) is 18.7. The van der Waals surface area contributed by atoms with Crippen molar-refractivity contribution in [2.45, 2.75) is 6.04 Å². The molecule has 0 aliphatic carbocycles. The SMILES string of the molecule is Cn1cncc1C(c1ccc2c(c1)c(-c1cccc(Cl)c1)cc1nnnn12)n1ccnc1-c1ccccc1. The summed E-state index contributed by atoms with van der Waals surface area (Å²) in [6.07, 6.45) is 7.60. The lowest BCUT2D eigenvalue weighted by Gasteiger charge is -2.23. The van der Waals surface area contributed by atoms with Gasteiger partial charge in [0.15, 0.2) is 5.65 Å². The Kier molecular flexibility index (Phi) is 5.26. The van der Waals surface area contributed by atoms with E-state index in [4.69, 9.17) is 16.6 Å². The maximum Gasteiger partial charge on any atom is 0.180 e. The fourth-order valence-corrected chi connectivity index (χ4v) is 5.31. The lowest BCUT2D eigenvalue weighted by atomic mass is 9.96. The molecule has 1 atom stereocenters. The minimum atomic E-state index is -0.179. The van der Waals surface area contributed by atoms with E-state index in [0.29, 0.717) is 10.7 Å². The van der Waals surface area contributed by atoms with Gasteiger partial charge in [-0.15, -0.1) is 5.10 Å². The molecule has 0 N–H and O–H groups in total. The highest BCUT2D eigenvalue weighted by Gasteiger charge is 2.24. The van der Waals surface area contributed by atoms with Crippen molar-refractivity contribution in [2.75, 3.05) is 0 Å². The first-order valence-corrected chi connectivity index (χ1v) is 12.5. The predicted molar refractivity (Wildman–Crippen MR) is 147 cm³/mol. The van der Waals surface area contributed by atoms with E-state index in [-0.39, 0.29) is 6.04 Å². The normalized spacial score (nSPS) is 12.4. The molecule has 4 heterocycles. The van der Waals surface area contributed by atoms with Crippen LogP contribution in [0, 0.1) is 0 Å². The number of halogens is 1. The van der Waals surface area contributed by atoms with Crippen LogP contribution in [0.3, 0.4) is 0 Å². The van der Waals surface area contributed by atoms with Crippen molar-refractivity contribution in [1.82, 2.24) is 39.1 Å². The van der Waals surface area contributed by atoms with Crippen LogP contribution in [0.5, 0.6) is 0 Å². The van der Waals surface area contributed by atoms with Crippen LogP contribution in [0.4, 0.5) is 0 Å². The Labute approximate surface area is 222 Å². The van der Waals surface area contributed by atoms with E-state index in [1.165, 1.54) is 0 Å². The van der Waals surface area contributed by atoms with Crippen LogP contribution < -0.4 is 0 Å². The van der Waals surface area contributed by atoms with Crippen LogP contribution in [0.15, 0.2) is 104 Å². The molecule has 9 heteroatoms. The second kappa shape index (κ2) is 8.93. The third-order valence-electron chi connectivity index (χ3n) is 6.87. The average molecular weight is 517 g/mol. The maximum atomic E-state index is 6.39. The van der Waals surface area contributed by atoms with E-state index < -0.39 is 0 Å². The number of nitrogens with zero attached hydrogens (tertiary/aromatic N) is 8. The lowest BCUT2D eigenvalue weighted by molar-refractivity contribution is 0.633. The van der Waals surface area contributed by atoms with Gasteiger partial charge >= 0.3 is 0 Å². The van der Waals surface area contributed by atoms with Gasteiger partial charge in [0.1, 0.15) is 11.9 Å². The topological polar surface area (TPSA) is 78.7 Å². The van der Waals surface area contributed by atoms with Crippen LogP contribution in [0.25, 0.3) is 39.1 Å². The summed E-state index contributed by atoms with van der Waals surface area (Å²) in [5.74, 6) is 0.878. The van der Waals surface area contributed by atoms with Crippen LogP contribution in [-0.4, -0.2) is 39.1 Å². The summed E-state index contributed by atoms with van der Waals surface area (Å²) in [7, 11) is 2.01. The number of pyridine rings is 1. The molecule has 8 nitrogen and oxygen atoms in total. The third kappa shape index (κ3) is 3.65. The highest BCUT2D eigenvalue weighted by Crippen LogP contribution is 2.36. The fraction of sp³-hybridized carbons (Fsp3) is 0.0690. The monoisotopic (exact) mass is 516 g/mol. The first-order valence-electron chi connectivity index (χ1n) is 12.1. The molecule has 0 saturated heterocycles.